The average molecular weight is 284 g/mol. The van der Waals surface area contributed by atoms with Crippen LogP contribution in [0.4, 0.5) is 0 Å². The van der Waals surface area contributed by atoms with Crippen molar-refractivity contribution >= 4 is 5.97 Å². The molecule has 0 N–H and O–H groups in total. The van der Waals surface area contributed by atoms with Gasteiger partial charge in [0.25, 0.3) is 0 Å². The first-order valence-corrected chi connectivity index (χ1v) is 8.55. The minimum absolute atomic E-state index is 0.159. The number of hydrogen-bond acceptors (Lipinski definition) is 2. The lowest BCUT2D eigenvalue weighted by molar-refractivity contribution is -0.141. The quantitative estimate of drug-likeness (QED) is 0.344. The van der Waals surface area contributed by atoms with Gasteiger partial charge in [-0.25, -0.2) is 0 Å². The van der Waals surface area contributed by atoms with Gasteiger partial charge in [-0.15, -0.1) is 0 Å². The molecule has 0 aromatic carbocycles. The molecule has 2 nitrogen and oxygen atoms in total. The zero-order chi connectivity index (χ0) is 15.4. The first-order chi connectivity index (χ1) is 9.41. The first-order valence-electron chi connectivity index (χ1n) is 8.55. The van der Waals surface area contributed by atoms with Crippen molar-refractivity contribution in [3.63, 3.8) is 0 Å². The molecule has 2 unspecified atom stereocenters. The minimum atomic E-state index is -0.159. The maximum atomic E-state index is 10.6. The molecule has 0 aliphatic carbocycles. The molecule has 2 heteroatoms. The second kappa shape index (κ2) is 12.2. The fourth-order valence-corrected chi connectivity index (χ4v) is 2.63. The van der Waals surface area contributed by atoms with E-state index >= 15 is 0 Å². The van der Waals surface area contributed by atoms with Crippen molar-refractivity contribution in [3.05, 3.63) is 0 Å². The van der Waals surface area contributed by atoms with Crippen LogP contribution < -0.4 is 0 Å². The van der Waals surface area contributed by atoms with E-state index in [1.807, 2.05) is 0 Å². The molecule has 0 saturated heterocycles. The van der Waals surface area contributed by atoms with E-state index in [0.29, 0.717) is 6.61 Å². The molecule has 2 atom stereocenters. The Morgan fingerprint density at radius 1 is 0.800 bits per heavy atom. The van der Waals surface area contributed by atoms with Gasteiger partial charge in [0, 0.05) is 6.92 Å². The lowest BCUT2D eigenvalue weighted by Gasteiger charge is -2.15. The molecular weight excluding hydrogens is 248 g/mol. The smallest absolute Gasteiger partial charge is 0.302 e. The van der Waals surface area contributed by atoms with Gasteiger partial charge < -0.3 is 4.74 Å². The molecule has 0 saturated carbocycles. The van der Waals surface area contributed by atoms with E-state index in [-0.39, 0.29) is 5.97 Å². The van der Waals surface area contributed by atoms with Gasteiger partial charge in [-0.3, -0.25) is 4.79 Å². The van der Waals surface area contributed by atoms with Crippen LogP contribution in [0.25, 0.3) is 0 Å². The van der Waals surface area contributed by atoms with Gasteiger partial charge in [0.2, 0.25) is 0 Å². The molecule has 0 aliphatic heterocycles. The number of hydrogen-bond donors (Lipinski definition) is 0. The number of ether oxygens (including phenoxy) is 1. The third kappa shape index (κ3) is 13.9. The molecule has 0 amide bonds. The van der Waals surface area contributed by atoms with Gasteiger partial charge in [0.15, 0.2) is 0 Å². The first kappa shape index (κ1) is 19.5. The van der Waals surface area contributed by atoms with Crippen LogP contribution in [0.1, 0.15) is 86.0 Å². The van der Waals surface area contributed by atoms with Crippen LogP contribution >= 0.6 is 0 Å². The fraction of sp³-hybridized carbons (Fsp3) is 0.944. The molecular formula is C18H36O2. The Kier molecular flexibility index (Phi) is 11.9. The van der Waals surface area contributed by atoms with Gasteiger partial charge in [-0.1, -0.05) is 66.2 Å². The summed E-state index contributed by atoms with van der Waals surface area (Å²) in [5.41, 5.74) is 0. The molecule has 0 heterocycles. The van der Waals surface area contributed by atoms with Crippen molar-refractivity contribution in [2.45, 2.75) is 86.0 Å². The van der Waals surface area contributed by atoms with E-state index in [0.717, 1.165) is 24.2 Å². The monoisotopic (exact) mass is 284 g/mol. The maximum Gasteiger partial charge on any atom is 0.302 e. The number of carbonyl (C=O) groups is 1. The molecule has 20 heavy (non-hydrogen) atoms. The number of carbonyl (C=O) groups excluding carboxylic acids is 1. The maximum absolute atomic E-state index is 10.6. The number of esters is 1. The van der Waals surface area contributed by atoms with Gasteiger partial charge >= 0.3 is 5.97 Å². The van der Waals surface area contributed by atoms with Gasteiger partial charge in [0.1, 0.15) is 0 Å². The van der Waals surface area contributed by atoms with Crippen molar-refractivity contribution in [2.75, 3.05) is 6.61 Å². The van der Waals surface area contributed by atoms with E-state index < -0.39 is 0 Å². The Hall–Kier alpha value is -0.530. The zero-order valence-corrected chi connectivity index (χ0v) is 14.4. The molecule has 120 valence electrons. The topological polar surface area (TPSA) is 26.3 Å². The van der Waals surface area contributed by atoms with Gasteiger partial charge in [-0.2, -0.15) is 0 Å². The predicted molar refractivity (Wildman–Crippen MR) is 86.7 cm³/mol. The SMILES string of the molecule is CC(=O)OCCCC(C)CCCC(C)CCCC(C)C. The molecule has 0 spiro atoms. The fourth-order valence-electron chi connectivity index (χ4n) is 2.63. The third-order valence-electron chi connectivity index (χ3n) is 4.02. The highest BCUT2D eigenvalue weighted by molar-refractivity contribution is 5.65. The summed E-state index contributed by atoms with van der Waals surface area (Å²) in [4.78, 5) is 10.6. The summed E-state index contributed by atoms with van der Waals surface area (Å²) in [5, 5.41) is 0. The Labute approximate surface area is 126 Å². The summed E-state index contributed by atoms with van der Waals surface area (Å²) in [6, 6.07) is 0. The summed E-state index contributed by atoms with van der Waals surface area (Å²) >= 11 is 0. The Balaban J connectivity index is 3.41. The van der Waals surface area contributed by atoms with Crippen LogP contribution in [-0.4, -0.2) is 12.6 Å². The van der Waals surface area contributed by atoms with E-state index in [4.69, 9.17) is 4.74 Å². The molecule has 0 aromatic rings. The normalized spacial score (nSPS) is 14.3. The standard InChI is InChI=1S/C18H36O2/c1-15(2)9-6-10-16(3)11-7-12-17(4)13-8-14-20-18(5)19/h15-17H,6-14H2,1-5H3. The highest BCUT2D eigenvalue weighted by Crippen LogP contribution is 2.20. The molecule has 0 radical (unpaired) electrons. The Morgan fingerprint density at radius 3 is 1.70 bits per heavy atom. The predicted octanol–water partition coefficient (Wildman–Crippen LogP) is 5.60. The van der Waals surface area contributed by atoms with E-state index in [1.54, 1.807) is 0 Å². The Morgan fingerprint density at radius 2 is 1.25 bits per heavy atom. The number of rotatable bonds is 12. The minimum Gasteiger partial charge on any atom is -0.466 e. The molecule has 0 bridgehead atoms. The van der Waals surface area contributed by atoms with E-state index in [1.165, 1.54) is 51.9 Å². The third-order valence-corrected chi connectivity index (χ3v) is 4.02. The van der Waals surface area contributed by atoms with Crippen molar-refractivity contribution in [1.82, 2.24) is 0 Å². The lowest BCUT2D eigenvalue weighted by Crippen LogP contribution is -2.04. The molecule has 0 fully saturated rings. The largest absolute Gasteiger partial charge is 0.466 e. The summed E-state index contributed by atoms with van der Waals surface area (Å²) in [7, 11) is 0. The Bertz CT molecular complexity index is 236. The van der Waals surface area contributed by atoms with Crippen LogP contribution in [0.2, 0.25) is 0 Å². The average Bonchev–Trinajstić information content (AvgIpc) is 2.34. The van der Waals surface area contributed by atoms with Crippen LogP contribution in [0.3, 0.4) is 0 Å². The summed E-state index contributed by atoms with van der Waals surface area (Å²) in [5.74, 6) is 2.32. The lowest BCUT2D eigenvalue weighted by atomic mass is 9.92. The van der Waals surface area contributed by atoms with Crippen LogP contribution in [-0.2, 0) is 9.53 Å². The second-order valence-corrected chi connectivity index (χ2v) is 6.95. The molecule has 0 rings (SSSR count). The van der Waals surface area contributed by atoms with Crippen LogP contribution in [0.5, 0.6) is 0 Å². The van der Waals surface area contributed by atoms with Gasteiger partial charge in [-0.05, 0) is 30.6 Å². The van der Waals surface area contributed by atoms with Crippen molar-refractivity contribution in [3.8, 4) is 0 Å². The van der Waals surface area contributed by atoms with Crippen molar-refractivity contribution in [1.29, 1.82) is 0 Å². The highest BCUT2D eigenvalue weighted by atomic mass is 16.5. The van der Waals surface area contributed by atoms with E-state index in [9.17, 15) is 4.79 Å². The van der Waals surface area contributed by atoms with Gasteiger partial charge in [0.05, 0.1) is 6.61 Å². The van der Waals surface area contributed by atoms with E-state index in [2.05, 4.69) is 27.7 Å². The van der Waals surface area contributed by atoms with Crippen LogP contribution in [0.15, 0.2) is 0 Å². The summed E-state index contributed by atoms with van der Waals surface area (Å²) < 4.78 is 4.96. The van der Waals surface area contributed by atoms with Crippen molar-refractivity contribution in [2.24, 2.45) is 17.8 Å². The van der Waals surface area contributed by atoms with Crippen molar-refractivity contribution < 1.29 is 9.53 Å². The molecule has 0 aliphatic rings. The van der Waals surface area contributed by atoms with Crippen LogP contribution in [0, 0.1) is 17.8 Å². The highest BCUT2D eigenvalue weighted by Gasteiger charge is 2.06. The molecule has 0 aromatic heterocycles. The summed E-state index contributed by atoms with van der Waals surface area (Å²) in [6.07, 6.45) is 10.4. The summed E-state index contributed by atoms with van der Waals surface area (Å²) in [6.45, 7) is 11.4. The second-order valence-electron chi connectivity index (χ2n) is 6.95. The zero-order valence-electron chi connectivity index (χ0n) is 14.4.